The summed E-state index contributed by atoms with van der Waals surface area (Å²) in [5.74, 6) is 2.29. The van der Waals surface area contributed by atoms with E-state index in [1.165, 1.54) is 10.5 Å². The van der Waals surface area contributed by atoms with E-state index in [0.29, 0.717) is 5.75 Å². The molecule has 2 aromatic rings. The smallest absolute Gasteiger partial charge is 0.231 e. The predicted octanol–water partition coefficient (Wildman–Crippen LogP) is 0.419. The number of likely N-dealkylation sites (N-methyl/N-ethyl adjacent to an activating group) is 1. The first-order chi connectivity index (χ1) is 11.3. The molecule has 0 amide bonds. The van der Waals surface area contributed by atoms with E-state index in [1.54, 1.807) is 7.11 Å². The first-order valence-corrected chi connectivity index (χ1v) is 7.82. The molecular formula is C17H21N3O3+2. The topological polar surface area (TPSA) is 58.3 Å². The van der Waals surface area contributed by atoms with Gasteiger partial charge < -0.3 is 24.4 Å². The summed E-state index contributed by atoms with van der Waals surface area (Å²) in [5, 5.41) is 3.62. The van der Waals surface area contributed by atoms with Crippen LogP contribution in [0.15, 0.2) is 30.6 Å². The Balaban J connectivity index is 1.80. The lowest BCUT2D eigenvalue weighted by Gasteiger charge is -2.33. The molecule has 2 atom stereocenters. The minimum Gasteiger partial charge on any atom is -0.492 e. The van der Waals surface area contributed by atoms with E-state index in [1.807, 2.05) is 24.5 Å². The van der Waals surface area contributed by atoms with Gasteiger partial charge in [0.05, 0.1) is 32.0 Å². The highest BCUT2D eigenvalue weighted by atomic mass is 16.7. The average Bonchev–Trinajstić information content (AvgIpc) is 3.04. The molecule has 3 heterocycles. The number of benzene rings is 1. The third-order valence-corrected chi connectivity index (χ3v) is 4.55. The fraction of sp³-hybridized carbons (Fsp3) is 0.353. The summed E-state index contributed by atoms with van der Waals surface area (Å²) in [4.78, 5) is 4.44. The van der Waals surface area contributed by atoms with Crippen LogP contribution < -0.4 is 29.4 Å². The second-order valence-electron chi connectivity index (χ2n) is 5.93. The van der Waals surface area contributed by atoms with Crippen LogP contribution >= 0.6 is 0 Å². The Hall–Kier alpha value is -2.47. The van der Waals surface area contributed by atoms with Crippen LogP contribution in [0.25, 0.3) is 0 Å². The molecule has 2 aliphatic rings. The van der Waals surface area contributed by atoms with Gasteiger partial charge in [-0.2, -0.15) is 0 Å². The monoisotopic (exact) mass is 315 g/mol. The minimum atomic E-state index is 0.102. The van der Waals surface area contributed by atoms with Crippen molar-refractivity contribution in [2.24, 2.45) is 0 Å². The Morgan fingerprint density at radius 1 is 1.30 bits per heavy atom. The summed E-state index contributed by atoms with van der Waals surface area (Å²) in [5.41, 5.74) is 3.49. The van der Waals surface area contributed by atoms with Crippen molar-refractivity contribution in [3.05, 3.63) is 41.7 Å². The van der Waals surface area contributed by atoms with Crippen LogP contribution in [0.4, 0.5) is 5.69 Å². The van der Waals surface area contributed by atoms with Crippen molar-refractivity contribution in [2.45, 2.75) is 12.6 Å². The van der Waals surface area contributed by atoms with Gasteiger partial charge in [-0.15, -0.1) is 0 Å². The average molecular weight is 315 g/mol. The van der Waals surface area contributed by atoms with Gasteiger partial charge in [0.25, 0.3) is 0 Å². The first-order valence-electron chi connectivity index (χ1n) is 7.82. The fourth-order valence-corrected chi connectivity index (χ4v) is 3.37. The van der Waals surface area contributed by atoms with E-state index in [9.17, 15) is 0 Å². The number of pyridine rings is 1. The second-order valence-corrected chi connectivity index (χ2v) is 5.93. The number of methoxy groups -OCH3 is 1. The number of anilines is 1. The standard InChI is InChI=1S/C17H19N3O3/c1-20-8-5-11-9-13-15(23-10-22-13)16(21-2)14(11)17(20)19-12-3-6-18-7-4-12/h3-4,6-7,9,17H,5,8,10H2,1-2H3,(H,18,19)/p+2/t17-/m0/s1. The largest absolute Gasteiger partial charge is 0.492 e. The Labute approximate surface area is 135 Å². The molecule has 0 fully saturated rings. The van der Waals surface area contributed by atoms with Gasteiger partial charge >= 0.3 is 0 Å². The summed E-state index contributed by atoms with van der Waals surface area (Å²) in [6.45, 7) is 1.30. The molecule has 1 aromatic heterocycles. The molecule has 23 heavy (non-hydrogen) atoms. The van der Waals surface area contributed by atoms with Gasteiger partial charge in [0, 0.05) is 18.6 Å². The molecule has 0 aliphatic carbocycles. The van der Waals surface area contributed by atoms with Gasteiger partial charge in [0.15, 0.2) is 30.1 Å². The summed E-state index contributed by atoms with van der Waals surface area (Å²) in [6.07, 6.45) is 4.93. The molecule has 2 aliphatic heterocycles. The van der Waals surface area contributed by atoms with Gasteiger partial charge in [-0.25, -0.2) is 4.98 Å². The van der Waals surface area contributed by atoms with E-state index >= 15 is 0 Å². The van der Waals surface area contributed by atoms with E-state index in [0.717, 1.165) is 35.7 Å². The quantitative estimate of drug-likeness (QED) is 0.862. The Morgan fingerprint density at radius 3 is 2.91 bits per heavy atom. The lowest BCUT2D eigenvalue weighted by atomic mass is 9.95. The zero-order chi connectivity index (χ0) is 15.8. The molecule has 6 heteroatoms. The second kappa shape index (κ2) is 5.62. The number of H-pyrrole nitrogens is 1. The predicted molar refractivity (Wildman–Crippen MR) is 83.9 cm³/mol. The SMILES string of the molecule is COc1c2c(cc3c1[C@@H](Nc1cc[nH+]cc1)[NH+](C)CC3)OCO2. The first kappa shape index (κ1) is 14.1. The Morgan fingerprint density at radius 2 is 2.13 bits per heavy atom. The third-order valence-electron chi connectivity index (χ3n) is 4.55. The van der Waals surface area contributed by atoms with Gasteiger partial charge in [-0.3, -0.25) is 0 Å². The lowest BCUT2D eigenvalue weighted by molar-refractivity contribution is -0.910. The Bertz CT molecular complexity index is 721. The molecule has 1 aromatic carbocycles. The molecule has 4 rings (SSSR count). The highest BCUT2D eigenvalue weighted by Crippen LogP contribution is 2.47. The van der Waals surface area contributed by atoms with Crippen molar-refractivity contribution >= 4 is 5.69 Å². The maximum absolute atomic E-state index is 5.71. The third kappa shape index (κ3) is 2.35. The van der Waals surface area contributed by atoms with Crippen LogP contribution in [-0.4, -0.2) is 27.5 Å². The van der Waals surface area contributed by atoms with Crippen molar-refractivity contribution < 1.29 is 24.1 Å². The number of nitrogens with one attached hydrogen (secondary N) is 3. The minimum absolute atomic E-state index is 0.102. The van der Waals surface area contributed by atoms with Crippen molar-refractivity contribution in [2.75, 3.05) is 32.8 Å². The van der Waals surface area contributed by atoms with E-state index in [2.05, 4.69) is 23.4 Å². The van der Waals surface area contributed by atoms with E-state index < -0.39 is 0 Å². The van der Waals surface area contributed by atoms with Gasteiger partial charge in [0.1, 0.15) is 0 Å². The zero-order valence-electron chi connectivity index (χ0n) is 13.3. The van der Waals surface area contributed by atoms with E-state index in [-0.39, 0.29) is 13.0 Å². The molecule has 0 saturated heterocycles. The maximum Gasteiger partial charge on any atom is 0.231 e. The molecular weight excluding hydrogens is 294 g/mol. The Kier molecular flexibility index (Phi) is 3.46. The van der Waals surface area contributed by atoms with Crippen LogP contribution in [-0.2, 0) is 6.42 Å². The number of hydrogen-bond donors (Lipinski definition) is 2. The normalized spacial score (nSPS) is 21.7. The van der Waals surface area contributed by atoms with Gasteiger partial charge in [0.2, 0.25) is 12.5 Å². The van der Waals surface area contributed by atoms with Crippen LogP contribution in [0.3, 0.4) is 0 Å². The molecule has 3 N–H and O–H groups in total. The fourth-order valence-electron chi connectivity index (χ4n) is 3.37. The van der Waals surface area contributed by atoms with Crippen LogP contribution in [0.2, 0.25) is 0 Å². The maximum atomic E-state index is 5.71. The number of quaternary nitrogens is 1. The highest BCUT2D eigenvalue weighted by Gasteiger charge is 2.36. The molecule has 0 radical (unpaired) electrons. The number of aromatic nitrogens is 1. The highest BCUT2D eigenvalue weighted by molar-refractivity contribution is 5.62. The number of ether oxygens (including phenoxy) is 3. The van der Waals surface area contributed by atoms with Gasteiger partial charge in [-0.1, -0.05) is 0 Å². The zero-order valence-corrected chi connectivity index (χ0v) is 13.3. The van der Waals surface area contributed by atoms with Crippen molar-refractivity contribution in [1.82, 2.24) is 0 Å². The van der Waals surface area contributed by atoms with Gasteiger partial charge in [-0.05, 0) is 11.6 Å². The number of hydrogen-bond acceptors (Lipinski definition) is 4. The molecule has 6 nitrogen and oxygen atoms in total. The molecule has 0 spiro atoms. The summed E-state index contributed by atoms with van der Waals surface area (Å²) < 4.78 is 16.9. The number of rotatable bonds is 3. The van der Waals surface area contributed by atoms with Crippen LogP contribution in [0, 0.1) is 0 Å². The van der Waals surface area contributed by atoms with Crippen LogP contribution in [0.5, 0.6) is 17.2 Å². The van der Waals surface area contributed by atoms with Crippen LogP contribution in [0.1, 0.15) is 17.3 Å². The molecule has 0 saturated carbocycles. The molecule has 1 unspecified atom stereocenters. The summed E-state index contributed by atoms with van der Waals surface area (Å²) in [6, 6.07) is 6.15. The van der Waals surface area contributed by atoms with E-state index in [4.69, 9.17) is 14.2 Å². The number of fused-ring (bicyclic) bond motifs is 2. The summed E-state index contributed by atoms with van der Waals surface area (Å²) in [7, 11) is 3.88. The molecule has 120 valence electrons. The number of aromatic amines is 1. The summed E-state index contributed by atoms with van der Waals surface area (Å²) >= 11 is 0. The van der Waals surface area contributed by atoms with Crippen molar-refractivity contribution in [1.29, 1.82) is 0 Å². The van der Waals surface area contributed by atoms with Crippen molar-refractivity contribution in [3.8, 4) is 17.2 Å². The van der Waals surface area contributed by atoms with Crippen molar-refractivity contribution in [3.63, 3.8) is 0 Å². The molecule has 0 bridgehead atoms. The lowest BCUT2D eigenvalue weighted by Crippen LogP contribution is -3.11.